The van der Waals surface area contributed by atoms with Crippen LogP contribution < -0.4 is 5.32 Å². The Morgan fingerprint density at radius 1 is 1.33 bits per heavy atom. The van der Waals surface area contributed by atoms with Crippen LogP contribution in [0.25, 0.3) is 0 Å². The predicted octanol–water partition coefficient (Wildman–Crippen LogP) is 1.95. The first-order chi connectivity index (χ1) is 8.40. The summed E-state index contributed by atoms with van der Waals surface area (Å²) in [5.74, 6) is -0.0952. The minimum absolute atomic E-state index is 0.383. The van der Waals surface area contributed by atoms with Crippen LogP contribution in [0.4, 0.5) is 0 Å². The molecule has 0 aromatic rings. The van der Waals surface area contributed by atoms with Gasteiger partial charge in [0.05, 0.1) is 0 Å². The maximum atomic E-state index is 11.2. The zero-order chi connectivity index (χ0) is 13.7. The Balaban J connectivity index is 2.39. The smallest absolute Gasteiger partial charge is 0.320 e. The van der Waals surface area contributed by atoms with Crippen LogP contribution in [0, 0.1) is 5.92 Å². The van der Waals surface area contributed by atoms with Crippen molar-refractivity contribution in [1.29, 1.82) is 0 Å². The fourth-order valence-electron chi connectivity index (χ4n) is 2.14. The predicted molar refractivity (Wildman–Crippen MR) is 73.7 cm³/mol. The number of hydrogen-bond donors (Lipinski definition) is 2. The van der Waals surface area contributed by atoms with Gasteiger partial charge >= 0.3 is 5.97 Å². The van der Waals surface area contributed by atoms with Gasteiger partial charge in [0.25, 0.3) is 0 Å². The van der Waals surface area contributed by atoms with Crippen molar-refractivity contribution in [2.24, 2.45) is 5.92 Å². The molecule has 0 amide bonds. The largest absolute Gasteiger partial charge is 0.480 e. The summed E-state index contributed by atoms with van der Waals surface area (Å²) in [4.78, 5) is 13.6. The van der Waals surface area contributed by atoms with E-state index in [1.807, 2.05) is 0 Å². The van der Waals surface area contributed by atoms with Crippen molar-refractivity contribution in [3.05, 3.63) is 0 Å². The fourth-order valence-corrected chi connectivity index (χ4v) is 2.14. The second kappa shape index (κ2) is 7.10. The van der Waals surface area contributed by atoms with Crippen molar-refractivity contribution in [3.63, 3.8) is 0 Å². The minimum Gasteiger partial charge on any atom is -0.480 e. The number of nitrogens with zero attached hydrogens (tertiary/aromatic N) is 1. The van der Waals surface area contributed by atoms with Gasteiger partial charge in [-0.2, -0.15) is 0 Å². The Kier molecular flexibility index (Phi) is 6.09. The SMILES string of the molecule is CC(C)CN(CCC(NC1CC1)C(=O)O)C(C)C. The first-order valence-electron chi connectivity index (χ1n) is 7.13. The molecule has 1 atom stereocenters. The summed E-state index contributed by atoms with van der Waals surface area (Å²) in [6.45, 7) is 10.6. The highest BCUT2D eigenvalue weighted by Gasteiger charge is 2.28. The van der Waals surface area contributed by atoms with E-state index in [1.54, 1.807) is 0 Å². The highest BCUT2D eigenvalue weighted by atomic mass is 16.4. The Morgan fingerprint density at radius 3 is 2.33 bits per heavy atom. The van der Waals surface area contributed by atoms with Crippen molar-refractivity contribution in [2.75, 3.05) is 13.1 Å². The summed E-state index contributed by atoms with van der Waals surface area (Å²) in [7, 11) is 0. The molecule has 0 heterocycles. The van der Waals surface area contributed by atoms with Gasteiger partial charge in [-0.25, -0.2) is 0 Å². The molecule has 0 aromatic carbocycles. The summed E-state index contributed by atoms with van der Waals surface area (Å²) in [6.07, 6.45) is 2.95. The van der Waals surface area contributed by atoms with Gasteiger partial charge in [0.2, 0.25) is 0 Å². The summed E-state index contributed by atoms with van der Waals surface area (Å²) in [5.41, 5.74) is 0. The molecule has 0 aromatic heterocycles. The standard InChI is InChI=1S/C14H28N2O2/c1-10(2)9-16(11(3)4)8-7-13(14(17)18)15-12-5-6-12/h10-13,15H,5-9H2,1-4H3,(H,17,18). The molecule has 1 unspecified atom stereocenters. The Hall–Kier alpha value is -0.610. The van der Waals surface area contributed by atoms with Gasteiger partial charge in [-0.05, 0) is 39.0 Å². The first kappa shape index (κ1) is 15.4. The van der Waals surface area contributed by atoms with Crippen LogP contribution in [0.3, 0.4) is 0 Å². The minimum atomic E-state index is -0.713. The first-order valence-corrected chi connectivity index (χ1v) is 7.13. The van der Waals surface area contributed by atoms with E-state index in [0.29, 0.717) is 24.4 Å². The molecule has 1 rings (SSSR count). The van der Waals surface area contributed by atoms with E-state index in [0.717, 1.165) is 25.9 Å². The third kappa shape index (κ3) is 5.83. The van der Waals surface area contributed by atoms with Crippen molar-refractivity contribution >= 4 is 5.97 Å². The van der Waals surface area contributed by atoms with E-state index < -0.39 is 5.97 Å². The molecular formula is C14H28N2O2. The molecule has 0 saturated heterocycles. The van der Waals surface area contributed by atoms with E-state index in [2.05, 4.69) is 37.9 Å². The van der Waals surface area contributed by atoms with E-state index in [4.69, 9.17) is 0 Å². The van der Waals surface area contributed by atoms with Crippen molar-refractivity contribution in [2.45, 2.75) is 65.1 Å². The molecule has 0 aliphatic heterocycles. The Labute approximate surface area is 111 Å². The molecule has 0 spiro atoms. The number of carboxylic acids is 1. The lowest BCUT2D eigenvalue weighted by atomic mass is 10.1. The molecule has 0 bridgehead atoms. The molecular weight excluding hydrogens is 228 g/mol. The number of aliphatic carboxylic acids is 1. The molecule has 1 aliphatic carbocycles. The van der Waals surface area contributed by atoms with Gasteiger partial charge in [-0.1, -0.05) is 13.8 Å². The third-order valence-electron chi connectivity index (χ3n) is 3.35. The molecule has 1 aliphatic rings. The van der Waals surface area contributed by atoms with Crippen LogP contribution >= 0.6 is 0 Å². The monoisotopic (exact) mass is 256 g/mol. The molecule has 0 radical (unpaired) electrons. The lowest BCUT2D eigenvalue weighted by Crippen LogP contribution is -2.43. The van der Waals surface area contributed by atoms with Gasteiger partial charge < -0.3 is 15.3 Å². The second-order valence-corrected chi connectivity index (χ2v) is 6.10. The highest BCUT2D eigenvalue weighted by Crippen LogP contribution is 2.20. The number of nitrogens with one attached hydrogen (secondary N) is 1. The van der Waals surface area contributed by atoms with Crippen LogP contribution in [0.1, 0.15) is 47.0 Å². The average molecular weight is 256 g/mol. The fraction of sp³-hybridized carbons (Fsp3) is 0.929. The van der Waals surface area contributed by atoms with Crippen LogP contribution in [-0.4, -0.2) is 47.2 Å². The highest BCUT2D eigenvalue weighted by molar-refractivity contribution is 5.73. The van der Waals surface area contributed by atoms with Crippen molar-refractivity contribution < 1.29 is 9.90 Å². The zero-order valence-electron chi connectivity index (χ0n) is 12.1. The van der Waals surface area contributed by atoms with Gasteiger partial charge in [0, 0.05) is 25.2 Å². The maximum Gasteiger partial charge on any atom is 0.320 e. The zero-order valence-corrected chi connectivity index (χ0v) is 12.1. The topological polar surface area (TPSA) is 52.6 Å². The summed E-state index contributed by atoms with van der Waals surface area (Å²) in [5, 5.41) is 12.4. The molecule has 4 heteroatoms. The third-order valence-corrected chi connectivity index (χ3v) is 3.35. The average Bonchev–Trinajstić information content (AvgIpc) is 3.04. The van der Waals surface area contributed by atoms with E-state index in [-0.39, 0.29) is 6.04 Å². The molecule has 18 heavy (non-hydrogen) atoms. The van der Waals surface area contributed by atoms with E-state index in [1.165, 1.54) is 0 Å². The van der Waals surface area contributed by atoms with Gasteiger partial charge in [-0.3, -0.25) is 4.79 Å². The summed E-state index contributed by atoms with van der Waals surface area (Å²) >= 11 is 0. The van der Waals surface area contributed by atoms with E-state index in [9.17, 15) is 9.90 Å². The molecule has 1 saturated carbocycles. The summed E-state index contributed by atoms with van der Waals surface area (Å²) in [6, 6.07) is 0.539. The number of hydrogen-bond acceptors (Lipinski definition) is 3. The van der Waals surface area contributed by atoms with Gasteiger partial charge in [0.15, 0.2) is 0 Å². The van der Waals surface area contributed by atoms with Gasteiger partial charge in [-0.15, -0.1) is 0 Å². The Morgan fingerprint density at radius 2 is 1.94 bits per heavy atom. The lowest BCUT2D eigenvalue weighted by Gasteiger charge is -2.29. The Bertz CT molecular complexity index is 263. The van der Waals surface area contributed by atoms with Crippen LogP contribution in [0.5, 0.6) is 0 Å². The van der Waals surface area contributed by atoms with Crippen LogP contribution in [0.15, 0.2) is 0 Å². The lowest BCUT2D eigenvalue weighted by molar-refractivity contribution is -0.139. The molecule has 1 fully saturated rings. The molecule has 2 N–H and O–H groups in total. The maximum absolute atomic E-state index is 11.2. The van der Waals surface area contributed by atoms with Crippen LogP contribution in [-0.2, 0) is 4.79 Å². The number of carbonyl (C=O) groups is 1. The van der Waals surface area contributed by atoms with E-state index >= 15 is 0 Å². The molecule has 106 valence electrons. The number of carboxylic acid groups (broad SMARTS) is 1. The molecule has 4 nitrogen and oxygen atoms in total. The van der Waals surface area contributed by atoms with Crippen molar-refractivity contribution in [3.8, 4) is 0 Å². The number of rotatable bonds is 9. The summed E-state index contributed by atoms with van der Waals surface area (Å²) < 4.78 is 0. The quantitative estimate of drug-likeness (QED) is 0.662. The normalized spacial score (nSPS) is 17.7. The van der Waals surface area contributed by atoms with Gasteiger partial charge in [0.1, 0.15) is 6.04 Å². The second-order valence-electron chi connectivity index (χ2n) is 6.10. The van der Waals surface area contributed by atoms with Crippen LogP contribution in [0.2, 0.25) is 0 Å². The van der Waals surface area contributed by atoms with Crippen molar-refractivity contribution in [1.82, 2.24) is 10.2 Å².